The molecule has 1 N–H and O–H groups in total. The number of fused-ring (bicyclic) bond motifs is 1. The molecule has 0 spiro atoms. The van der Waals surface area contributed by atoms with Crippen molar-refractivity contribution < 1.29 is 28.5 Å². The topological polar surface area (TPSA) is 109 Å². The summed E-state index contributed by atoms with van der Waals surface area (Å²) in [5.74, 6) is 1.26. The van der Waals surface area contributed by atoms with Crippen LogP contribution < -0.4 is 19.5 Å². The fourth-order valence-corrected chi connectivity index (χ4v) is 3.78. The summed E-state index contributed by atoms with van der Waals surface area (Å²) >= 11 is 6.69. The van der Waals surface area contributed by atoms with Crippen LogP contribution >= 0.6 is 11.6 Å². The Kier molecular flexibility index (Phi) is 7.28. The molecule has 2 aromatic carbocycles. The molecule has 0 atom stereocenters. The number of nitrogens with one attached hydrogen (secondary N) is 1. The third-order valence-electron chi connectivity index (χ3n) is 5.24. The SMILES string of the molecule is COCCOc1cc2ncnc(Nc3cc(OC)cc(C4=CC(=O)C=CC4=O)c3Cl)c2cc1OC. The number of rotatable bonds is 9. The third kappa shape index (κ3) is 5.11. The highest BCUT2D eigenvalue weighted by molar-refractivity contribution is 6.40. The molecule has 9 nitrogen and oxygen atoms in total. The van der Waals surface area contributed by atoms with Crippen molar-refractivity contribution in [2.24, 2.45) is 0 Å². The first-order valence-corrected chi connectivity index (χ1v) is 10.9. The molecule has 10 heteroatoms. The van der Waals surface area contributed by atoms with E-state index >= 15 is 0 Å². The summed E-state index contributed by atoms with van der Waals surface area (Å²) in [6, 6.07) is 6.78. The Bertz CT molecular complexity index is 1370. The van der Waals surface area contributed by atoms with Gasteiger partial charge in [-0.1, -0.05) is 11.6 Å². The van der Waals surface area contributed by atoms with Crippen molar-refractivity contribution in [2.45, 2.75) is 0 Å². The standard InChI is InChI=1S/C25H22ClN3O6/c1-32-6-7-35-23-12-19-18(11-22(23)34-3)25(28-13-27-19)29-20-10-15(33-2)9-17(24(20)26)16-8-14(30)4-5-21(16)31/h4-5,8-13H,6-7H2,1-3H3,(H,27,28,29). The molecule has 3 aromatic rings. The van der Waals surface area contributed by atoms with Crippen LogP contribution in [0.4, 0.5) is 11.5 Å². The molecule has 1 aliphatic rings. The van der Waals surface area contributed by atoms with Gasteiger partial charge in [0.2, 0.25) is 0 Å². The molecule has 0 amide bonds. The van der Waals surface area contributed by atoms with E-state index in [-0.39, 0.29) is 22.2 Å². The van der Waals surface area contributed by atoms with Gasteiger partial charge in [0.15, 0.2) is 23.1 Å². The van der Waals surface area contributed by atoms with Crippen molar-refractivity contribution in [3.05, 3.63) is 59.4 Å². The average molecular weight is 496 g/mol. The Labute approximate surface area is 206 Å². The summed E-state index contributed by atoms with van der Waals surface area (Å²) in [7, 11) is 4.63. The molecule has 0 radical (unpaired) electrons. The second-order valence-electron chi connectivity index (χ2n) is 7.40. The highest BCUT2D eigenvalue weighted by atomic mass is 35.5. The van der Waals surface area contributed by atoms with Crippen LogP contribution in [0.3, 0.4) is 0 Å². The minimum atomic E-state index is -0.330. The van der Waals surface area contributed by atoms with Gasteiger partial charge in [-0.15, -0.1) is 0 Å². The molecule has 1 aliphatic carbocycles. The number of hydrogen-bond donors (Lipinski definition) is 1. The zero-order valence-corrected chi connectivity index (χ0v) is 20.0. The number of ketones is 2. The quantitative estimate of drug-likeness (QED) is 0.345. The second kappa shape index (κ2) is 10.5. The lowest BCUT2D eigenvalue weighted by Gasteiger charge is -2.17. The fourth-order valence-electron chi connectivity index (χ4n) is 3.52. The van der Waals surface area contributed by atoms with E-state index < -0.39 is 0 Å². The first-order chi connectivity index (χ1) is 16.9. The first kappa shape index (κ1) is 24.2. The maximum atomic E-state index is 12.5. The Balaban J connectivity index is 1.77. The van der Waals surface area contributed by atoms with Gasteiger partial charge in [-0.2, -0.15) is 0 Å². The molecule has 0 fully saturated rings. The maximum Gasteiger partial charge on any atom is 0.186 e. The lowest BCUT2D eigenvalue weighted by molar-refractivity contribution is -0.113. The molecular weight excluding hydrogens is 474 g/mol. The van der Waals surface area contributed by atoms with E-state index in [0.717, 1.165) is 0 Å². The van der Waals surface area contributed by atoms with E-state index in [1.165, 1.54) is 38.8 Å². The maximum absolute atomic E-state index is 12.5. The number of anilines is 2. The molecule has 0 bridgehead atoms. The van der Waals surface area contributed by atoms with Crippen molar-refractivity contribution in [2.75, 3.05) is 39.9 Å². The van der Waals surface area contributed by atoms with Gasteiger partial charge in [0, 0.05) is 35.8 Å². The Morgan fingerprint density at radius 1 is 0.943 bits per heavy atom. The summed E-state index contributed by atoms with van der Waals surface area (Å²) in [5.41, 5.74) is 1.57. The largest absolute Gasteiger partial charge is 0.497 e. The van der Waals surface area contributed by atoms with Crippen LogP contribution in [-0.4, -0.2) is 56.1 Å². The molecular formula is C25H22ClN3O6. The predicted molar refractivity (Wildman–Crippen MR) is 132 cm³/mol. The van der Waals surface area contributed by atoms with Crippen LogP contribution in [0.2, 0.25) is 5.02 Å². The summed E-state index contributed by atoms with van der Waals surface area (Å²) < 4.78 is 21.7. The Hall–Kier alpha value is -3.95. The molecule has 180 valence electrons. The summed E-state index contributed by atoms with van der Waals surface area (Å²) in [5, 5.41) is 4.07. The first-order valence-electron chi connectivity index (χ1n) is 10.5. The van der Waals surface area contributed by atoms with Gasteiger partial charge in [-0.05, 0) is 30.4 Å². The van der Waals surface area contributed by atoms with Gasteiger partial charge in [0.25, 0.3) is 0 Å². The molecule has 0 saturated carbocycles. The van der Waals surface area contributed by atoms with Gasteiger partial charge >= 0.3 is 0 Å². The summed E-state index contributed by atoms with van der Waals surface area (Å²) in [6.45, 7) is 0.776. The average Bonchev–Trinajstić information content (AvgIpc) is 2.86. The fraction of sp³-hybridized carbons (Fsp3) is 0.200. The van der Waals surface area contributed by atoms with E-state index in [1.807, 2.05) is 0 Å². The minimum Gasteiger partial charge on any atom is -0.497 e. The Morgan fingerprint density at radius 2 is 1.77 bits per heavy atom. The molecule has 0 aliphatic heterocycles. The number of carbonyl (C=O) groups is 2. The monoisotopic (exact) mass is 495 g/mol. The zero-order valence-electron chi connectivity index (χ0n) is 19.3. The van der Waals surface area contributed by atoms with Gasteiger partial charge < -0.3 is 24.3 Å². The zero-order chi connectivity index (χ0) is 24.9. The van der Waals surface area contributed by atoms with E-state index in [4.69, 9.17) is 30.5 Å². The van der Waals surface area contributed by atoms with Crippen molar-refractivity contribution in [3.63, 3.8) is 0 Å². The van der Waals surface area contributed by atoms with Gasteiger partial charge in [-0.3, -0.25) is 9.59 Å². The number of halogens is 1. The molecule has 0 saturated heterocycles. The second-order valence-corrected chi connectivity index (χ2v) is 7.78. The number of carbonyl (C=O) groups excluding carboxylic acids is 2. The van der Waals surface area contributed by atoms with E-state index in [0.29, 0.717) is 58.4 Å². The normalized spacial score (nSPS) is 13.1. The van der Waals surface area contributed by atoms with Crippen molar-refractivity contribution in [3.8, 4) is 17.2 Å². The van der Waals surface area contributed by atoms with Crippen LogP contribution in [0.25, 0.3) is 16.5 Å². The number of methoxy groups -OCH3 is 3. The van der Waals surface area contributed by atoms with Crippen LogP contribution in [0, 0.1) is 0 Å². The van der Waals surface area contributed by atoms with Crippen molar-refractivity contribution in [1.82, 2.24) is 9.97 Å². The molecule has 0 unspecified atom stereocenters. The van der Waals surface area contributed by atoms with Crippen LogP contribution in [0.15, 0.2) is 48.8 Å². The third-order valence-corrected chi connectivity index (χ3v) is 5.65. The lowest BCUT2D eigenvalue weighted by atomic mass is 9.95. The predicted octanol–water partition coefficient (Wildman–Crippen LogP) is 4.16. The highest BCUT2D eigenvalue weighted by Gasteiger charge is 2.22. The summed E-state index contributed by atoms with van der Waals surface area (Å²) in [4.78, 5) is 33.1. The van der Waals surface area contributed by atoms with Crippen molar-refractivity contribution in [1.29, 1.82) is 0 Å². The van der Waals surface area contributed by atoms with Crippen molar-refractivity contribution >= 4 is 51.1 Å². The minimum absolute atomic E-state index is 0.177. The Morgan fingerprint density at radius 3 is 2.51 bits per heavy atom. The number of benzene rings is 2. The molecule has 1 heterocycles. The number of aromatic nitrogens is 2. The van der Waals surface area contributed by atoms with Crippen LogP contribution in [0.5, 0.6) is 17.2 Å². The summed E-state index contributed by atoms with van der Waals surface area (Å²) in [6.07, 6.45) is 5.09. The lowest BCUT2D eigenvalue weighted by Crippen LogP contribution is -2.08. The number of ether oxygens (including phenoxy) is 4. The van der Waals surface area contributed by atoms with Gasteiger partial charge in [0.1, 0.15) is 24.5 Å². The molecule has 1 aromatic heterocycles. The van der Waals surface area contributed by atoms with Gasteiger partial charge in [-0.25, -0.2) is 9.97 Å². The van der Waals surface area contributed by atoms with E-state index in [1.54, 1.807) is 31.4 Å². The van der Waals surface area contributed by atoms with Crippen LogP contribution in [-0.2, 0) is 14.3 Å². The number of hydrogen-bond acceptors (Lipinski definition) is 9. The van der Waals surface area contributed by atoms with Crippen LogP contribution in [0.1, 0.15) is 5.56 Å². The van der Waals surface area contributed by atoms with E-state index in [9.17, 15) is 9.59 Å². The highest BCUT2D eigenvalue weighted by Crippen LogP contribution is 2.40. The number of allylic oxidation sites excluding steroid dienone is 4. The van der Waals surface area contributed by atoms with E-state index in [2.05, 4.69) is 15.3 Å². The number of nitrogens with zero attached hydrogens (tertiary/aromatic N) is 2. The smallest absolute Gasteiger partial charge is 0.186 e. The van der Waals surface area contributed by atoms with Gasteiger partial charge in [0.05, 0.1) is 37.1 Å². The molecule has 35 heavy (non-hydrogen) atoms. The molecule has 4 rings (SSSR count).